The van der Waals surface area contributed by atoms with Crippen molar-refractivity contribution in [3.05, 3.63) is 32.7 Å². The van der Waals surface area contributed by atoms with Crippen LogP contribution in [0.3, 0.4) is 0 Å². The lowest BCUT2D eigenvalue weighted by molar-refractivity contribution is 0.0946. The fourth-order valence-electron chi connectivity index (χ4n) is 1.27. The smallest absolute Gasteiger partial charge is 0.261 e. The largest absolute Gasteiger partial charge is 0.352 e. The summed E-state index contributed by atoms with van der Waals surface area (Å²) < 4.78 is 0. The maximum absolute atomic E-state index is 11.8. The van der Waals surface area contributed by atoms with Gasteiger partial charge in [-0.25, -0.2) is 0 Å². The molecular formula is C12H17ClN2O2. The van der Waals surface area contributed by atoms with Crippen molar-refractivity contribution in [2.24, 2.45) is 5.92 Å². The molecule has 0 spiro atoms. The SMILES string of the molecule is CC[C@@H](C)CNC(=O)c1cc(Cl)c(C)[nH]c1=O. The van der Waals surface area contributed by atoms with Gasteiger partial charge in [-0.15, -0.1) is 0 Å². The average Bonchev–Trinajstić information content (AvgIpc) is 2.30. The highest BCUT2D eigenvalue weighted by molar-refractivity contribution is 6.31. The summed E-state index contributed by atoms with van der Waals surface area (Å²) >= 11 is 5.87. The highest BCUT2D eigenvalue weighted by Gasteiger charge is 2.13. The van der Waals surface area contributed by atoms with E-state index in [1.807, 2.05) is 13.8 Å². The fourth-order valence-corrected chi connectivity index (χ4v) is 1.43. The highest BCUT2D eigenvalue weighted by atomic mass is 35.5. The number of nitrogens with one attached hydrogen (secondary N) is 2. The molecule has 0 bridgehead atoms. The molecular weight excluding hydrogens is 240 g/mol. The molecule has 0 aliphatic rings. The summed E-state index contributed by atoms with van der Waals surface area (Å²) in [6, 6.07) is 1.40. The van der Waals surface area contributed by atoms with Crippen LogP contribution in [0.4, 0.5) is 0 Å². The molecule has 1 aromatic rings. The summed E-state index contributed by atoms with van der Waals surface area (Å²) in [6.45, 7) is 6.32. The highest BCUT2D eigenvalue weighted by Crippen LogP contribution is 2.11. The predicted molar refractivity (Wildman–Crippen MR) is 68.6 cm³/mol. The predicted octanol–water partition coefficient (Wildman–Crippen LogP) is 2.11. The lowest BCUT2D eigenvalue weighted by atomic mass is 10.1. The van der Waals surface area contributed by atoms with E-state index in [9.17, 15) is 9.59 Å². The van der Waals surface area contributed by atoms with Crippen molar-refractivity contribution in [2.75, 3.05) is 6.54 Å². The van der Waals surface area contributed by atoms with E-state index in [4.69, 9.17) is 11.6 Å². The van der Waals surface area contributed by atoms with Gasteiger partial charge in [-0.1, -0.05) is 31.9 Å². The van der Waals surface area contributed by atoms with E-state index in [0.29, 0.717) is 23.2 Å². The third-order valence-corrected chi connectivity index (χ3v) is 3.12. The molecule has 1 rings (SSSR count). The molecule has 0 aliphatic heterocycles. The minimum atomic E-state index is -0.409. The van der Waals surface area contributed by atoms with Crippen molar-refractivity contribution >= 4 is 17.5 Å². The number of hydrogen-bond donors (Lipinski definition) is 2. The summed E-state index contributed by atoms with van der Waals surface area (Å²) in [5.74, 6) is 0.00685. The summed E-state index contributed by atoms with van der Waals surface area (Å²) in [6.07, 6.45) is 0.977. The molecule has 1 aromatic heterocycles. The Morgan fingerprint density at radius 1 is 1.59 bits per heavy atom. The summed E-state index contributed by atoms with van der Waals surface area (Å²) in [5.41, 5.74) is 0.215. The van der Waals surface area contributed by atoms with Gasteiger partial charge in [0.15, 0.2) is 0 Å². The Kier molecular flexibility index (Phi) is 4.75. The molecule has 17 heavy (non-hydrogen) atoms. The van der Waals surface area contributed by atoms with Crippen molar-refractivity contribution in [1.82, 2.24) is 10.3 Å². The van der Waals surface area contributed by atoms with Crippen LogP contribution < -0.4 is 10.9 Å². The van der Waals surface area contributed by atoms with Gasteiger partial charge in [0.25, 0.3) is 11.5 Å². The first-order chi connectivity index (χ1) is 7.95. The molecule has 0 aliphatic carbocycles. The standard InChI is InChI=1S/C12H17ClN2O2/c1-4-7(2)6-14-11(16)9-5-10(13)8(3)15-12(9)17/h5,7H,4,6H2,1-3H3,(H,14,16)(H,15,17)/t7-/m1/s1. The zero-order valence-electron chi connectivity index (χ0n) is 10.3. The number of carbonyl (C=O) groups excluding carboxylic acids is 1. The van der Waals surface area contributed by atoms with E-state index in [2.05, 4.69) is 10.3 Å². The molecule has 0 saturated carbocycles. The lowest BCUT2D eigenvalue weighted by Gasteiger charge is -2.10. The van der Waals surface area contributed by atoms with Crippen LogP contribution in [0.5, 0.6) is 0 Å². The van der Waals surface area contributed by atoms with E-state index in [0.717, 1.165) is 6.42 Å². The van der Waals surface area contributed by atoms with Gasteiger partial charge in [0.2, 0.25) is 0 Å². The van der Waals surface area contributed by atoms with Crippen molar-refractivity contribution in [3.8, 4) is 0 Å². The number of halogens is 1. The minimum Gasteiger partial charge on any atom is -0.352 e. The second-order valence-electron chi connectivity index (χ2n) is 4.21. The minimum absolute atomic E-state index is 0.0592. The number of aromatic amines is 1. The molecule has 4 nitrogen and oxygen atoms in total. The van der Waals surface area contributed by atoms with E-state index in [-0.39, 0.29) is 11.5 Å². The fraction of sp³-hybridized carbons (Fsp3) is 0.500. The number of amides is 1. The molecule has 1 amide bonds. The third-order valence-electron chi connectivity index (χ3n) is 2.73. The summed E-state index contributed by atoms with van der Waals surface area (Å²) in [7, 11) is 0. The number of carbonyl (C=O) groups is 1. The molecule has 1 heterocycles. The summed E-state index contributed by atoms with van der Waals surface area (Å²) in [4.78, 5) is 25.9. The van der Waals surface area contributed by atoms with Crippen LogP contribution in [0.15, 0.2) is 10.9 Å². The van der Waals surface area contributed by atoms with E-state index >= 15 is 0 Å². The number of aryl methyl sites for hydroxylation is 1. The van der Waals surface area contributed by atoms with Crippen LogP contribution in [-0.4, -0.2) is 17.4 Å². The third kappa shape index (κ3) is 3.60. The van der Waals surface area contributed by atoms with Crippen molar-refractivity contribution in [2.45, 2.75) is 27.2 Å². The summed E-state index contributed by atoms with van der Waals surface area (Å²) in [5, 5.41) is 3.11. The quantitative estimate of drug-likeness (QED) is 0.867. The van der Waals surface area contributed by atoms with Gasteiger partial charge in [0.1, 0.15) is 5.56 Å². The maximum atomic E-state index is 11.8. The molecule has 2 N–H and O–H groups in total. The zero-order valence-corrected chi connectivity index (χ0v) is 11.0. The van der Waals surface area contributed by atoms with Gasteiger partial charge in [0.05, 0.1) is 5.02 Å². The van der Waals surface area contributed by atoms with Gasteiger partial charge in [-0.05, 0) is 18.9 Å². The van der Waals surface area contributed by atoms with E-state index < -0.39 is 5.56 Å². The van der Waals surface area contributed by atoms with Crippen molar-refractivity contribution in [1.29, 1.82) is 0 Å². The monoisotopic (exact) mass is 256 g/mol. The number of pyridine rings is 1. The zero-order chi connectivity index (χ0) is 13.0. The first kappa shape index (κ1) is 13.8. The van der Waals surface area contributed by atoms with Crippen LogP contribution in [0, 0.1) is 12.8 Å². The Labute approximate surface area is 105 Å². The molecule has 94 valence electrons. The van der Waals surface area contributed by atoms with Gasteiger partial charge < -0.3 is 10.3 Å². The molecule has 1 atom stereocenters. The van der Waals surface area contributed by atoms with Crippen molar-refractivity contribution in [3.63, 3.8) is 0 Å². The van der Waals surface area contributed by atoms with Gasteiger partial charge >= 0.3 is 0 Å². The first-order valence-corrected chi connectivity index (χ1v) is 6.01. The van der Waals surface area contributed by atoms with Crippen LogP contribution >= 0.6 is 11.6 Å². The Hall–Kier alpha value is -1.29. The number of aromatic nitrogens is 1. The molecule has 5 heteroatoms. The molecule has 0 aromatic carbocycles. The van der Waals surface area contributed by atoms with Gasteiger partial charge in [-0.2, -0.15) is 0 Å². The van der Waals surface area contributed by atoms with E-state index in [1.54, 1.807) is 6.92 Å². The van der Waals surface area contributed by atoms with Crippen LogP contribution in [0.25, 0.3) is 0 Å². The van der Waals surface area contributed by atoms with Gasteiger partial charge in [-0.3, -0.25) is 9.59 Å². The Balaban J connectivity index is 2.83. The number of rotatable bonds is 4. The normalized spacial score (nSPS) is 12.2. The average molecular weight is 257 g/mol. The molecule has 0 unspecified atom stereocenters. The maximum Gasteiger partial charge on any atom is 0.261 e. The molecule has 0 radical (unpaired) electrons. The lowest BCUT2D eigenvalue weighted by Crippen LogP contribution is -2.32. The van der Waals surface area contributed by atoms with E-state index in [1.165, 1.54) is 6.07 Å². The topological polar surface area (TPSA) is 62.0 Å². The Morgan fingerprint density at radius 2 is 2.24 bits per heavy atom. The number of H-pyrrole nitrogens is 1. The van der Waals surface area contributed by atoms with Gasteiger partial charge in [0, 0.05) is 12.2 Å². The van der Waals surface area contributed by atoms with Crippen LogP contribution in [0.1, 0.15) is 36.3 Å². The Bertz CT molecular complexity index is 468. The first-order valence-electron chi connectivity index (χ1n) is 5.63. The molecule has 0 saturated heterocycles. The van der Waals surface area contributed by atoms with Crippen molar-refractivity contribution < 1.29 is 4.79 Å². The van der Waals surface area contributed by atoms with Crippen LogP contribution in [0.2, 0.25) is 5.02 Å². The number of hydrogen-bond acceptors (Lipinski definition) is 2. The second kappa shape index (κ2) is 5.87. The molecule has 0 fully saturated rings. The Morgan fingerprint density at radius 3 is 2.82 bits per heavy atom. The van der Waals surface area contributed by atoms with Crippen LogP contribution in [-0.2, 0) is 0 Å². The second-order valence-corrected chi connectivity index (χ2v) is 4.62.